The van der Waals surface area contributed by atoms with Crippen LogP contribution in [0.5, 0.6) is 5.75 Å². The van der Waals surface area contributed by atoms with Crippen molar-refractivity contribution in [3.8, 4) is 5.75 Å². The van der Waals surface area contributed by atoms with Gasteiger partial charge < -0.3 is 9.64 Å². The molecule has 0 radical (unpaired) electrons. The highest BCUT2D eigenvalue weighted by molar-refractivity contribution is 5.99. The number of ether oxygens (including phenoxy) is 1. The summed E-state index contributed by atoms with van der Waals surface area (Å²) in [6.45, 7) is 2.28. The van der Waals surface area contributed by atoms with Gasteiger partial charge in [-0.1, -0.05) is 36.8 Å². The molecule has 5 heteroatoms. The quantitative estimate of drug-likeness (QED) is 0.817. The smallest absolute Gasteiger partial charge is 0.387 e. The summed E-state index contributed by atoms with van der Waals surface area (Å²) in [5.41, 5.74) is 5.01. The van der Waals surface area contributed by atoms with Gasteiger partial charge in [-0.05, 0) is 42.2 Å². The summed E-state index contributed by atoms with van der Waals surface area (Å²) in [6, 6.07) is 10.5. The second-order valence-electron chi connectivity index (χ2n) is 6.00. The molecule has 1 heterocycles. The molecule has 0 spiro atoms. The van der Waals surface area contributed by atoms with E-state index in [1.807, 2.05) is 13.8 Å². The number of rotatable bonds is 5. The summed E-state index contributed by atoms with van der Waals surface area (Å²) in [6.07, 6.45) is 0.823. The van der Waals surface area contributed by atoms with Crippen molar-refractivity contribution >= 4 is 5.91 Å². The second kappa shape index (κ2) is 6.59. The van der Waals surface area contributed by atoms with E-state index in [-0.39, 0.29) is 11.7 Å². The zero-order valence-electron chi connectivity index (χ0n) is 13.7. The van der Waals surface area contributed by atoms with Gasteiger partial charge >= 0.3 is 6.61 Å². The molecule has 0 N–H and O–H groups in total. The Morgan fingerprint density at radius 2 is 1.92 bits per heavy atom. The summed E-state index contributed by atoms with van der Waals surface area (Å²) < 4.78 is 28.7. The van der Waals surface area contributed by atoms with E-state index in [1.54, 1.807) is 17.0 Å². The number of halogens is 2. The van der Waals surface area contributed by atoms with Gasteiger partial charge in [0.15, 0.2) is 0 Å². The number of amides is 1. The molecule has 1 aliphatic heterocycles. The number of benzene rings is 2. The van der Waals surface area contributed by atoms with Crippen LogP contribution < -0.4 is 4.74 Å². The van der Waals surface area contributed by atoms with E-state index in [0.717, 1.165) is 34.2 Å². The normalized spacial score (nSPS) is 13.5. The zero-order valence-corrected chi connectivity index (χ0v) is 13.7. The predicted molar refractivity (Wildman–Crippen MR) is 87.2 cm³/mol. The molecule has 1 amide bonds. The van der Waals surface area contributed by atoms with Crippen molar-refractivity contribution in [3.05, 3.63) is 64.2 Å². The van der Waals surface area contributed by atoms with Gasteiger partial charge in [-0.2, -0.15) is 8.78 Å². The van der Waals surface area contributed by atoms with E-state index < -0.39 is 6.61 Å². The van der Waals surface area contributed by atoms with Gasteiger partial charge in [0.2, 0.25) is 0 Å². The lowest BCUT2D eigenvalue weighted by atomic mass is 9.98. The highest BCUT2D eigenvalue weighted by atomic mass is 19.3. The van der Waals surface area contributed by atoms with Crippen molar-refractivity contribution in [2.75, 3.05) is 0 Å². The van der Waals surface area contributed by atoms with Crippen LogP contribution in [-0.2, 0) is 19.5 Å². The van der Waals surface area contributed by atoms with Crippen molar-refractivity contribution in [3.63, 3.8) is 0 Å². The molecule has 0 unspecified atom stereocenters. The van der Waals surface area contributed by atoms with Crippen molar-refractivity contribution in [2.45, 2.75) is 40.0 Å². The Balaban J connectivity index is 1.77. The fourth-order valence-electron chi connectivity index (χ4n) is 3.18. The van der Waals surface area contributed by atoms with Crippen molar-refractivity contribution in [1.82, 2.24) is 4.90 Å². The fourth-order valence-corrected chi connectivity index (χ4v) is 3.18. The van der Waals surface area contributed by atoms with E-state index in [4.69, 9.17) is 0 Å². The van der Waals surface area contributed by atoms with Crippen molar-refractivity contribution < 1.29 is 18.3 Å². The van der Waals surface area contributed by atoms with Gasteiger partial charge in [0.05, 0.1) is 0 Å². The molecular weight excluding hydrogens is 312 g/mol. The summed E-state index contributed by atoms with van der Waals surface area (Å²) in [5, 5.41) is 0. The van der Waals surface area contributed by atoms with Gasteiger partial charge in [-0.25, -0.2) is 0 Å². The lowest BCUT2D eigenvalue weighted by Gasteiger charge is -2.16. The Morgan fingerprint density at radius 1 is 1.21 bits per heavy atom. The molecule has 3 nitrogen and oxygen atoms in total. The molecule has 2 aromatic rings. The Hall–Kier alpha value is -2.43. The zero-order chi connectivity index (χ0) is 17.3. The van der Waals surface area contributed by atoms with Crippen molar-refractivity contribution in [2.24, 2.45) is 0 Å². The third-order valence-electron chi connectivity index (χ3n) is 4.21. The van der Waals surface area contributed by atoms with Crippen LogP contribution in [0.15, 0.2) is 36.4 Å². The highest BCUT2D eigenvalue weighted by Gasteiger charge is 2.29. The number of hydrogen-bond donors (Lipinski definition) is 0. The molecule has 0 bridgehead atoms. The van der Waals surface area contributed by atoms with Gasteiger partial charge in [0.25, 0.3) is 5.91 Å². The number of carbonyl (C=O) groups excluding carboxylic acids is 1. The molecule has 3 rings (SSSR count). The van der Waals surface area contributed by atoms with E-state index in [0.29, 0.717) is 13.1 Å². The molecule has 2 aromatic carbocycles. The Kier molecular flexibility index (Phi) is 4.51. The molecule has 0 atom stereocenters. The summed E-state index contributed by atoms with van der Waals surface area (Å²) in [5.74, 6) is 0.156. The minimum atomic E-state index is -2.83. The first-order valence-electron chi connectivity index (χ1n) is 7.93. The van der Waals surface area contributed by atoms with Gasteiger partial charge in [-0.3, -0.25) is 4.79 Å². The minimum Gasteiger partial charge on any atom is -0.435 e. The maximum Gasteiger partial charge on any atom is 0.387 e. The van der Waals surface area contributed by atoms with Gasteiger partial charge in [0, 0.05) is 18.7 Å². The summed E-state index contributed by atoms with van der Waals surface area (Å²) in [4.78, 5) is 14.5. The number of alkyl halides is 2. The van der Waals surface area contributed by atoms with Gasteiger partial charge in [-0.15, -0.1) is 0 Å². The first-order chi connectivity index (χ1) is 11.5. The molecule has 126 valence electrons. The number of hydrogen-bond acceptors (Lipinski definition) is 2. The molecule has 0 aliphatic carbocycles. The number of carbonyl (C=O) groups is 1. The molecule has 0 aromatic heterocycles. The van der Waals surface area contributed by atoms with Crippen LogP contribution in [0.1, 0.15) is 39.5 Å². The maximum absolute atomic E-state index is 12.7. The lowest BCUT2D eigenvalue weighted by molar-refractivity contribution is -0.0498. The lowest BCUT2D eigenvalue weighted by Crippen LogP contribution is -2.23. The topological polar surface area (TPSA) is 29.5 Å². The molecule has 0 saturated heterocycles. The van der Waals surface area contributed by atoms with E-state index in [2.05, 4.69) is 16.9 Å². The largest absolute Gasteiger partial charge is 0.435 e. The fraction of sp³-hybridized carbons (Fsp3) is 0.316. The van der Waals surface area contributed by atoms with Crippen LogP contribution in [0.25, 0.3) is 0 Å². The summed E-state index contributed by atoms with van der Waals surface area (Å²) in [7, 11) is 0. The van der Waals surface area contributed by atoms with Crippen LogP contribution in [-0.4, -0.2) is 17.4 Å². The van der Waals surface area contributed by atoms with Gasteiger partial charge in [0.1, 0.15) is 5.75 Å². The van der Waals surface area contributed by atoms with Crippen LogP contribution in [0.2, 0.25) is 0 Å². The third kappa shape index (κ3) is 3.25. The van der Waals surface area contributed by atoms with Crippen LogP contribution in [0, 0.1) is 6.92 Å². The Bertz CT molecular complexity index is 757. The SMILES string of the molecule is CCc1cc(C)cc2c1C(=O)N(Cc1ccc(OC(F)F)cc1)C2. The number of nitrogens with zero attached hydrogens (tertiary/aromatic N) is 1. The Morgan fingerprint density at radius 3 is 2.54 bits per heavy atom. The molecular formula is C19H19F2NO2. The Labute approximate surface area is 139 Å². The average Bonchev–Trinajstić information content (AvgIpc) is 2.84. The van der Waals surface area contributed by atoms with E-state index in [1.165, 1.54) is 12.1 Å². The molecule has 1 aliphatic rings. The standard InChI is InChI=1S/C19H19F2NO2/c1-3-14-8-12(2)9-15-11-22(18(23)17(14)15)10-13-4-6-16(7-5-13)24-19(20)21/h4-9,19H,3,10-11H2,1-2H3. The molecule has 0 saturated carbocycles. The monoisotopic (exact) mass is 331 g/mol. The number of aryl methyl sites for hydroxylation is 2. The van der Waals surface area contributed by atoms with Crippen LogP contribution in [0.4, 0.5) is 8.78 Å². The number of fused-ring (bicyclic) bond motifs is 1. The second-order valence-corrected chi connectivity index (χ2v) is 6.00. The first-order valence-corrected chi connectivity index (χ1v) is 7.93. The predicted octanol–water partition coefficient (Wildman–Crippen LogP) is 4.31. The van der Waals surface area contributed by atoms with Crippen LogP contribution in [0.3, 0.4) is 0 Å². The average molecular weight is 331 g/mol. The molecule has 24 heavy (non-hydrogen) atoms. The van der Waals surface area contributed by atoms with E-state index >= 15 is 0 Å². The molecule has 0 fully saturated rings. The maximum atomic E-state index is 12.7. The van der Waals surface area contributed by atoms with Crippen LogP contribution >= 0.6 is 0 Å². The highest BCUT2D eigenvalue weighted by Crippen LogP contribution is 2.29. The summed E-state index contributed by atoms with van der Waals surface area (Å²) >= 11 is 0. The minimum absolute atomic E-state index is 0.0368. The first kappa shape index (κ1) is 16.4. The third-order valence-corrected chi connectivity index (χ3v) is 4.21. The van der Waals surface area contributed by atoms with Crippen molar-refractivity contribution in [1.29, 1.82) is 0 Å². The van der Waals surface area contributed by atoms with E-state index in [9.17, 15) is 13.6 Å².